The van der Waals surface area contributed by atoms with Crippen molar-refractivity contribution in [1.29, 1.82) is 0 Å². The molecule has 1 heterocycles. The van der Waals surface area contributed by atoms with Crippen LogP contribution in [0.15, 0.2) is 47.1 Å². The van der Waals surface area contributed by atoms with Gasteiger partial charge >= 0.3 is 0 Å². The SMILES string of the molecule is Nc1ccccc1OCC(=O)NCc1ccco1. The second-order valence-corrected chi connectivity index (χ2v) is 3.68. The summed E-state index contributed by atoms with van der Waals surface area (Å²) in [5.74, 6) is 0.975. The summed E-state index contributed by atoms with van der Waals surface area (Å²) in [5, 5.41) is 2.68. The van der Waals surface area contributed by atoms with Crippen LogP contribution in [0.5, 0.6) is 5.75 Å². The highest BCUT2D eigenvalue weighted by Crippen LogP contribution is 2.19. The number of hydrogen-bond acceptors (Lipinski definition) is 4. The Bertz CT molecular complexity index is 509. The lowest BCUT2D eigenvalue weighted by molar-refractivity contribution is -0.123. The van der Waals surface area contributed by atoms with Crippen molar-refractivity contribution in [3.8, 4) is 5.75 Å². The fourth-order valence-corrected chi connectivity index (χ4v) is 1.41. The fourth-order valence-electron chi connectivity index (χ4n) is 1.41. The van der Waals surface area contributed by atoms with E-state index in [-0.39, 0.29) is 12.5 Å². The van der Waals surface area contributed by atoms with Gasteiger partial charge in [0.05, 0.1) is 18.5 Å². The summed E-state index contributed by atoms with van der Waals surface area (Å²) < 4.78 is 10.4. The smallest absolute Gasteiger partial charge is 0.258 e. The van der Waals surface area contributed by atoms with Crippen molar-refractivity contribution in [3.63, 3.8) is 0 Å². The molecule has 0 atom stereocenters. The van der Waals surface area contributed by atoms with Gasteiger partial charge in [-0.05, 0) is 24.3 Å². The molecule has 5 nitrogen and oxygen atoms in total. The summed E-state index contributed by atoms with van der Waals surface area (Å²) in [4.78, 5) is 11.5. The first-order valence-electron chi connectivity index (χ1n) is 5.52. The number of anilines is 1. The number of ether oxygens (including phenoxy) is 1. The molecule has 2 rings (SSSR count). The Morgan fingerprint density at radius 1 is 1.28 bits per heavy atom. The van der Waals surface area contributed by atoms with Crippen molar-refractivity contribution in [2.24, 2.45) is 0 Å². The van der Waals surface area contributed by atoms with Crippen LogP contribution in [0.1, 0.15) is 5.76 Å². The molecule has 1 aromatic carbocycles. The van der Waals surface area contributed by atoms with Gasteiger partial charge in [0.1, 0.15) is 11.5 Å². The molecule has 0 saturated carbocycles. The third-order valence-electron chi connectivity index (χ3n) is 2.32. The molecular weight excluding hydrogens is 232 g/mol. The monoisotopic (exact) mass is 246 g/mol. The van der Waals surface area contributed by atoms with Gasteiger partial charge in [-0.3, -0.25) is 4.79 Å². The van der Waals surface area contributed by atoms with E-state index in [0.29, 0.717) is 23.7 Å². The second kappa shape index (κ2) is 5.77. The Hall–Kier alpha value is -2.43. The first kappa shape index (κ1) is 12.0. The maximum atomic E-state index is 11.5. The van der Waals surface area contributed by atoms with Crippen molar-refractivity contribution < 1.29 is 13.9 Å². The average Bonchev–Trinajstić information content (AvgIpc) is 2.88. The van der Waals surface area contributed by atoms with Crippen molar-refractivity contribution in [1.82, 2.24) is 5.32 Å². The van der Waals surface area contributed by atoms with Crippen LogP contribution in [0, 0.1) is 0 Å². The lowest BCUT2D eigenvalue weighted by atomic mass is 10.3. The van der Waals surface area contributed by atoms with E-state index in [9.17, 15) is 4.79 Å². The number of carbonyl (C=O) groups excluding carboxylic acids is 1. The summed E-state index contributed by atoms with van der Waals surface area (Å²) in [5.41, 5.74) is 6.20. The molecule has 94 valence electrons. The van der Waals surface area contributed by atoms with Gasteiger partial charge in [-0.1, -0.05) is 12.1 Å². The van der Waals surface area contributed by atoms with Gasteiger partial charge in [0.2, 0.25) is 0 Å². The first-order valence-corrected chi connectivity index (χ1v) is 5.52. The molecule has 0 bridgehead atoms. The summed E-state index contributed by atoms with van der Waals surface area (Å²) in [7, 11) is 0. The summed E-state index contributed by atoms with van der Waals surface area (Å²) in [6.45, 7) is 0.272. The minimum atomic E-state index is -0.227. The van der Waals surface area contributed by atoms with E-state index < -0.39 is 0 Å². The number of nitrogens with two attached hydrogens (primary N) is 1. The van der Waals surface area contributed by atoms with E-state index >= 15 is 0 Å². The lowest BCUT2D eigenvalue weighted by Gasteiger charge is -2.08. The van der Waals surface area contributed by atoms with Crippen LogP contribution >= 0.6 is 0 Å². The van der Waals surface area contributed by atoms with Crippen LogP contribution in [-0.4, -0.2) is 12.5 Å². The third-order valence-corrected chi connectivity index (χ3v) is 2.32. The largest absolute Gasteiger partial charge is 0.482 e. The maximum absolute atomic E-state index is 11.5. The predicted octanol–water partition coefficient (Wildman–Crippen LogP) is 1.56. The zero-order chi connectivity index (χ0) is 12.8. The van der Waals surface area contributed by atoms with Gasteiger partial charge in [0.25, 0.3) is 5.91 Å². The number of furan rings is 1. The van der Waals surface area contributed by atoms with Crippen LogP contribution in [0.2, 0.25) is 0 Å². The molecule has 0 aliphatic carbocycles. The van der Waals surface area contributed by atoms with Crippen molar-refractivity contribution >= 4 is 11.6 Å². The molecule has 0 spiro atoms. The van der Waals surface area contributed by atoms with Gasteiger partial charge in [-0.25, -0.2) is 0 Å². The zero-order valence-electron chi connectivity index (χ0n) is 9.76. The summed E-state index contributed by atoms with van der Waals surface area (Å²) in [6, 6.07) is 10.6. The normalized spacial score (nSPS) is 10.0. The lowest BCUT2D eigenvalue weighted by Crippen LogP contribution is -2.28. The van der Waals surface area contributed by atoms with E-state index in [1.54, 1.807) is 42.7 Å². The number of para-hydroxylation sites is 2. The molecule has 2 aromatic rings. The molecule has 0 aliphatic heterocycles. The number of benzene rings is 1. The van der Waals surface area contributed by atoms with Gasteiger partial charge < -0.3 is 20.2 Å². The Labute approximate surface area is 105 Å². The van der Waals surface area contributed by atoms with Crippen LogP contribution in [0.3, 0.4) is 0 Å². The molecule has 0 fully saturated rings. The Morgan fingerprint density at radius 3 is 2.83 bits per heavy atom. The van der Waals surface area contributed by atoms with Gasteiger partial charge in [0, 0.05) is 0 Å². The maximum Gasteiger partial charge on any atom is 0.258 e. The Kier molecular flexibility index (Phi) is 3.86. The highest BCUT2D eigenvalue weighted by atomic mass is 16.5. The standard InChI is InChI=1S/C13H14N2O3/c14-11-5-1-2-6-12(11)18-9-13(16)15-8-10-4-3-7-17-10/h1-7H,8-9,14H2,(H,15,16). The average molecular weight is 246 g/mol. The predicted molar refractivity (Wildman–Crippen MR) is 66.9 cm³/mol. The number of nitrogen functional groups attached to an aromatic ring is 1. The minimum absolute atomic E-state index is 0.0745. The topological polar surface area (TPSA) is 77.5 Å². The zero-order valence-corrected chi connectivity index (χ0v) is 9.76. The van der Waals surface area contributed by atoms with Crippen molar-refractivity contribution in [2.75, 3.05) is 12.3 Å². The van der Waals surface area contributed by atoms with Crippen molar-refractivity contribution in [3.05, 3.63) is 48.4 Å². The van der Waals surface area contributed by atoms with Crippen molar-refractivity contribution in [2.45, 2.75) is 6.54 Å². The molecule has 0 aliphatic rings. The van der Waals surface area contributed by atoms with E-state index in [0.717, 1.165) is 0 Å². The number of amides is 1. The molecule has 0 radical (unpaired) electrons. The fraction of sp³-hybridized carbons (Fsp3) is 0.154. The number of rotatable bonds is 5. The molecule has 0 saturated heterocycles. The van der Waals surface area contributed by atoms with Gasteiger partial charge in [-0.15, -0.1) is 0 Å². The molecule has 5 heteroatoms. The van der Waals surface area contributed by atoms with Crippen LogP contribution in [-0.2, 0) is 11.3 Å². The van der Waals surface area contributed by atoms with E-state index in [1.165, 1.54) is 0 Å². The van der Waals surface area contributed by atoms with E-state index in [4.69, 9.17) is 14.9 Å². The van der Waals surface area contributed by atoms with Crippen LogP contribution < -0.4 is 15.8 Å². The van der Waals surface area contributed by atoms with Crippen LogP contribution in [0.25, 0.3) is 0 Å². The summed E-state index contributed by atoms with van der Waals surface area (Å²) in [6.07, 6.45) is 1.56. The molecule has 1 aromatic heterocycles. The number of hydrogen-bond donors (Lipinski definition) is 2. The summed E-state index contributed by atoms with van der Waals surface area (Å²) >= 11 is 0. The Morgan fingerprint density at radius 2 is 2.11 bits per heavy atom. The molecule has 0 unspecified atom stereocenters. The van der Waals surface area contributed by atoms with E-state index in [1.807, 2.05) is 0 Å². The quantitative estimate of drug-likeness (QED) is 0.785. The Balaban J connectivity index is 1.77. The van der Waals surface area contributed by atoms with Crippen LogP contribution in [0.4, 0.5) is 5.69 Å². The van der Waals surface area contributed by atoms with E-state index in [2.05, 4.69) is 5.32 Å². The molecular formula is C13H14N2O3. The molecule has 18 heavy (non-hydrogen) atoms. The number of carbonyl (C=O) groups is 1. The minimum Gasteiger partial charge on any atom is -0.482 e. The second-order valence-electron chi connectivity index (χ2n) is 3.68. The van der Waals surface area contributed by atoms with Gasteiger partial charge in [-0.2, -0.15) is 0 Å². The number of nitrogens with one attached hydrogen (secondary N) is 1. The molecule has 3 N–H and O–H groups in total. The highest BCUT2D eigenvalue weighted by molar-refractivity contribution is 5.77. The third kappa shape index (κ3) is 3.28. The van der Waals surface area contributed by atoms with Gasteiger partial charge in [0.15, 0.2) is 6.61 Å². The highest BCUT2D eigenvalue weighted by Gasteiger charge is 2.05. The first-order chi connectivity index (χ1) is 8.75. The molecule has 1 amide bonds.